The number of nitrogens with zero attached hydrogens (tertiary/aromatic N) is 1. The van der Waals surface area contributed by atoms with Gasteiger partial charge in [0, 0.05) is 6.54 Å². The van der Waals surface area contributed by atoms with E-state index in [1.807, 2.05) is 25.2 Å². The summed E-state index contributed by atoms with van der Waals surface area (Å²) in [4.78, 5) is 2.11. The van der Waals surface area contributed by atoms with E-state index in [1.165, 1.54) is 5.56 Å². The topological polar surface area (TPSA) is 49.4 Å². The number of nitrogens with one attached hydrogen (secondary N) is 1. The lowest BCUT2D eigenvalue weighted by Crippen LogP contribution is -2.35. The first-order valence-electron chi connectivity index (χ1n) is 8.24. The van der Waals surface area contributed by atoms with E-state index in [4.69, 9.17) is 0 Å². The maximum atomic E-state index is 12.1. The Morgan fingerprint density at radius 3 is 2.52 bits per heavy atom. The summed E-state index contributed by atoms with van der Waals surface area (Å²) in [7, 11) is -1.19. The molecule has 0 saturated heterocycles. The molecule has 23 heavy (non-hydrogen) atoms. The summed E-state index contributed by atoms with van der Waals surface area (Å²) in [5.74, 6) is 5.95. The molecule has 1 aromatic rings. The van der Waals surface area contributed by atoms with Gasteiger partial charge in [0.25, 0.3) is 0 Å². The molecule has 2 rings (SSSR count). The highest BCUT2D eigenvalue weighted by atomic mass is 32.2. The quantitative estimate of drug-likeness (QED) is 0.813. The van der Waals surface area contributed by atoms with Crippen LogP contribution in [0.3, 0.4) is 0 Å². The summed E-state index contributed by atoms with van der Waals surface area (Å²) >= 11 is 0. The average molecular weight is 334 g/mol. The van der Waals surface area contributed by atoms with E-state index in [2.05, 4.69) is 33.6 Å². The van der Waals surface area contributed by atoms with Crippen molar-refractivity contribution in [3.05, 3.63) is 35.9 Å². The molecule has 5 heteroatoms. The molecule has 0 heterocycles. The molecule has 0 unspecified atom stereocenters. The number of hydrogen-bond donors (Lipinski definition) is 1. The smallest absolute Gasteiger partial charge is 0.215 e. The molecule has 1 saturated carbocycles. The molecule has 0 amide bonds. The van der Waals surface area contributed by atoms with Gasteiger partial charge in [0.2, 0.25) is 10.0 Å². The van der Waals surface area contributed by atoms with Crippen molar-refractivity contribution < 1.29 is 8.42 Å². The maximum absolute atomic E-state index is 12.1. The van der Waals surface area contributed by atoms with Crippen LogP contribution in [0.5, 0.6) is 0 Å². The van der Waals surface area contributed by atoms with E-state index < -0.39 is 10.0 Å². The summed E-state index contributed by atoms with van der Waals surface area (Å²) in [5, 5.41) is -0.223. The number of rotatable bonds is 6. The van der Waals surface area contributed by atoms with Crippen LogP contribution in [0.15, 0.2) is 30.3 Å². The summed E-state index contributed by atoms with van der Waals surface area (Å²) < 4.78 is 26.9. The van der Waals surface area contributed by atoms with Crippen molar-refractivity contribution >= 4 is 10.0 Å². The van der Waals surface area contributed by atoms with Crippen molar-refractivity contribution in [2.75, 3.05) is 20.1 Å². The molecule has 126 valence electrons. The lowest BCUT2D eigenvalue weighted by molar-refractivity contribution is 0.369. The van der Waals surface area contributed by atoms with E-state index in [1.54, 1.807) is 0 Å². The highest BCUT2D eigenvalue weighted by molar-refractivity contribution is 7.90. The summed E-state index contributed by atoms with van der Waals surface area (Å²) in [6, 6.07) is 10.2. The molecule has 1 aliphatic rings. The molecular weight excluding hydrogens is 308 g/mol. The average Bonchev–Trinajstić information content (AvgIpc) is 2.56. The highest BCUT2D eigenvalue weighted by Gasteiger charge is 2.26. The second kappa shape index (κ2) is 9.07. The molecule has 0 aromatic heterocycles. The Morgan fingerprint density at radius 1 is 1.13 bits per heavy atom. The van der Waals surface area contributed by atoms with Crippen LogP contribution in [0.25, 0.3) is 0 Å². The van der Waals surface area contributed by atoms with Gasteiger partial charge in [-0.05, 0) is 25.5 Å². The normalized spacial score (nSPS) is 16.1. The zero-order valence-corrected chi connectivity index (χ0v) is 14.6. The molecule has 1 N–H and O–H groups in total. The van der Waals surface area contributed by atoms with Gasteiger partial charge in [-0.25, -0.2) is 13.1 Å². The molecule has 0 spiro atoms. The largest absolute Gasteiger partial charge is 0.291 e. The molecule has 0 atom stereocenters. The standard InChI is InChI=1S/C18H26N2O2S/c1-20(16-17-10-4-2-5-11-17)15-9-8-14-19-23(21,22)18-12-6-3-7-13-18/h2,4-5,10-11,18-19H,3,6-7,12-16H2,1H3. The van der Waals surface area contributed by atoms with Gasteiger partial charge >= 0.3 is 0 Å². The lowest BCUT2D eigenvalue weighted by Gasteiger charge is -2.21. The predicted molar refractivity (Wildman–Crippen MR) is 94.3 cm³/mol. The Kier molecular flexibility index (Phi) is 7.10. The van der Waals surface area contributed by atoms with Crippen molar-refractivity contribution in [1.82, 2.24) is 9.62 Å². The van der Waals surface area contributed by atoms with Gasteiger partial charge in [0.15, 0.2) is 0 Å². The highest BCUT2D eigenvalue weighted by Crippen LogP contribution is 2.22. The number of sulfonamides is 1. The lowest BCUT2D eigenvalue weighted by atomic mass is 10.0. The van der Waals surface area contributed by atoms with Gasteiger partial charge in [-0.1, -0.05) is 61.4 Å². The van der Waals surface area contributed by atoms with Gasteiger partial charge < -0.3 is 0 Å². The third kappa shape index (κ3) is 6.34. The zero-order valence-electron chi connectivity index (χ0n) is 13.8. The van der Waals surface area contributed by atoms with Gasteiger partial charge in [-0.2, -0.15) is 0 Å². The monoisotopic (exact) mass is 334 g/mol. The van der Waals surface area contributed by atoms with Crippen LogP contribution >= 0.6 is 0 Å². The third-order valence-corrected chi connectivity index (χ3v) is 6.02. The van der Waals surface area contributed by atoms with Gasteiger partial charge in [0.05, 0.1) is 18.3 Å². The molecule has 1 fully saturated rings. The van der Waals surface area contributed by atoms with Gasteiger partial charge in [-0.15, -0.1) is 0 Å². The Bertz CT molecular complexity index is 626. The van der Waals surface area contributed by atoms with Crippen molar-refractivity contribution in [3.63, 3.8) is 0 Å². The van der Waals surface area contributed by atoms with E-state index >= 15 is 0 Å². The SMILES string of the molecule is CN(CC#CCNS(=O)(=O)C1CCCCC1)Cc1ccccc1. The Labute approximate surface area is 140 Å². The van der Waals surface area contributed by atoms with E-state index in [-0.39, 0.29) is 11.8 Å². The first kappa shape index (κ1) is 18.0. The van der Waals surface area contributed by atoms with Crippen molar-refractivity contribution in [3.8, 4) is 11.8 Å². The maximum Gasteiger partial charge on any atom is 0.215 e. The van der Waals surface area contributed by atoms with E-state index in [9.17, 15) is 8.42 Å². The molecule has 1 aliphatic carbocycles. The predicted octanol–water partition coefficient (Wildman–Crippen LogP) is 2.37. The fourth-order valence-electron chi connectivity index (χ4n) is 2.83. The summed E-state index contributed by atoms with van der Waals surface area (Å²) in [6.07, 6.45) is 4.74. The minimum atomic E-state index is -3.20. The van der Waals surface area contributed by atoms with Crippen LogP contribution in [0.1, 0.15) is 37.7 Å². The Morgan fingerprint density at radius 2 is 1.83 bits per heavy atom. The van der Waals surface area contributed by atoms with Crippen molar-refractivity contribution in [2.24, 2.45) is 0 Å². The first-order valence-corrected chi connectivity index (χ1v) is 9.79. The van der Waals surface area contributed by atoms with Crippen molar-refractivity contribution in [2.45, 2.75) is 43.9 Å². The second-order valence-electron chi connectivity index (χ2n) is 6.14. The second-order valence-corrected chi connectivity index (χ2v) is 8.18. The molecule has 1 aromatic carbocycles. The first-order chi connectivity index (χ1) is 11.1. The van der Waals surface area contributed by atoms with Crippen molar-refractivity contribution in [1.29, 1.82) is 0 Å². The van der Waals surface area contributed by atoms with E-state index in [0.717, 1.165) is 38.6 Å². The van der Waals surface area contributed by atoms with Crippen LogP contribution in [0, 0.1) is 11.8 Å². The molecular formula is C18H26N2O2S. The Hall–Kier alpha value is -1.35. The fraction of sp³-hybridized carbons (Fsp3) is 0.556. The van der Waals surface area contributed by atoms with Gasteiger partial charge in [-0.3, -0.25) is 4.90 Å². The van der Waals surface area contributed by atoms with Crippen LogP contribution in [0.4, 0.5) is 0 Å². The number of hydrogen-bond acceptors (Lipinski definition) is 3. The van der Waals surface area contributed by atoms with Crippen LogP contribution < -0.4 is 4.72 Å². The van der Waals surface area contributed by atoms with E-state index in [0.29, 0.717) is 6.54 Å². The minimum absolute atomic E-state index is 0.206. The molecule has 0 bridgehead atoms. The van der Waals surface area contributed by atoms with Crippen LogP contribution in [0.2, 0.25) is 0 Å². The number of benzene rings is 1. The summed E-state index contributed by atoms with van der Waals surface area (Å²) in [5.41, 5.74) is 1.25. The van der Waals surface area contributed by atoms with Gasteiger partial charge in [0.1, 0.15) is 0 Å². The third-order valence-electron chi connectivity index (χ3n) is 4.12. The zero-order chi connectivity index (χ0) is 16.5. The fourth-order valence-corrected chi connectivity index (χ4v) is 4.30. The van der Waals surface area contributed by atoms with Crippen LogP contribution in [-0.4, -0.2) is 38.7 Å². The molecule has 4 nitrogen and oxygen atoms in total. The summed E-state index contributed by atoms with van der Waals surface area (Å²) in [6.45, 7) is 1.67. The Balaban J connectivity index is 1.71. The minimum Gasteiger partial charge on any atom is -0.291 e. The molecule has 0 aliphatic heterocycles. The van der Waals surface area contributed by atoms with Crippen LogP contribution in [-0.2, 0) is 16.6 Å². The molecule has 0 radical (unpaired) electrons.